The van der Waals surface area contributed by atoms with Crippen molar-refractivity contribution < 1.29 is 37.4 Å². The molecule has 0 radical (unpaired) electrons. The molecule has 41 heavy (non-hydrogen) atoms. The number of hydrogen-bond donors (Lipinski definition) is 2. The van der Waals surface area contributed by atoms with Crippen molar-refractivity contribution in [1.82, 2.24) is 14.6 Å². The van der Waals surface area contributed by atoms with Gasteiger partial charge in [0.1, 0.15) is 30.1 Å². The number of esters is 1. The Labute approximate surface area is 238 Å². The zero-order chi connectivity index (χ0) is 29.8. The summed E-state index contributed by atoms with van der Waals surface area (Å²) in [6.45, 7) is 8.94. The van der Waals surface area contributed by atoms with E-state index in [4.69, 9.17) is 28.0 Å². The van der Waals surface area contributed by atoms with Crippen molar-refractivity contribution in [2.75, 3.05) is 13.2 Å². The molecule has 2 fully saturated rings. The maximum atomic E-state index is 14.0. The van der Waals surface area contributed by atoms with Crippen LogP contribution >= 0.6 is 7.75 Å². The number of ether oxygens (including phenoxy) is 4. The molecule has 2 N–H and O–H groups in total. The molecule has 0 spiro atoms. The van der Waals surface area contributed by atoms with Crippen LogP contribution in [0, 0.1) is 5.92 Å². The third-order valence-electron chi connectivity index (χ3n) is 6.95. The average Bonchev–Trinajstić information content (AvgIpc) is 3.41. The molecule has 6 atom stereocenters. The molecule has 14 heteroatoms. The molecule has 2 aliphatic rings. The topological polar surface area (TPSA) is 156 Å². The van der Waals surface area contributed by atoms with Crippen LogP contribution < -0.4 is 20.9 Å². The van der Waals surface area contributed by atoms with Crippen LogP contribution in [-0.2, 0) is 32.8 Å². The number of aromatic amines is 1. The van der Waals surface area contributed by atoms with E-state index in [-0.39, 0.29) is 24.9 Å². The summed E-state index contributed by atoms with van der Waals surface area (Å²) in [5, 5.41) is 2.67. The average molecular weight is 596 g/mol. The second-order valence-corrected chi connectivity index (χ2v) is 12.2. The van der Waals surface area contributed by atoms with Crippen LogP contribution in [0.3, 0.4) is 0 Å². The van der Waals surface area contributed by atoms with Gasteiger partial charge in [0.25, 0.3) is 5.56 Å². The Bertz CT molecular complexity index is 1340. The monoisotopic (exact) mass is 595 g/mol. The highest BCUT2D eigenvalue weighted by molar-refractivity contribution is 7.52. The predicted molar refractivity (Wildman–Crippen MR) is 147 cm³/mol. The van der Waals surface area contributed by atoms with Crippen molar-refractivity contribution in [2.45, 2.75) is 83.8 Å². The quantitative estimate of drug-likeness (QED) is 0.259. The number of fused-ring (bicyclic) bond motifs is 1. The van der Waals surface area contributed by atoms with Gasteiger partial charge in [-0.15, -0.1) is 0 Å². The Kier molecular flexibility index (Phi) is 9.89. The molecule has 1 aromatic heterocycles. The van der Waals surface area contributed by atoms with Crippen LogP contribution in [0.15, 0.2) is 52.2 Å². The fourth-order valence-electron chi connectivity index (χ4n) is 4.67. The van der Waals surface area contributed by atoms with Crippen LogP contribution in [0.4, 0.5) is 0 Å². The minimum Gasteiger partial charge on any atom is -0.464 e. The minimum absolute atomic E-state index is 0.225. The molecule has 2 saturated heterocycles. The maximum absolute atomic E-state index is 14.0. The van der Waals surface area contributed by atoms with Crippen LogP contribution in [-0.4, -0.2) is 58.9 Å². The lowest BCUT2D eigenvalue weighted by molar-refractivity contribution is -0.200. The van der Waals surface area contributed by atoms with Crippen molar-refractivity contribution in [3.05, 3.63) is 63.4 Å². The van der Waals surface area contributed by atoms with E-state index < -0.39 is 61.3 Å². The number of benzene rings is 1. The molecule has 2 aromatic rings. The van der Waals surface area contributed by atoms with Crippen molar-refractivity contribution in [3.8, 4) is 5.75 Å². The van der Waals surface area contributed by atoms with Gasteiger partial charge in [0.05, 0.1) is 13.2 Å². The lowest BCUT2D eigenvalue weighted by Gasteiger charge is -2.27. The maximum Gasteiger partial charge on any atom is 0.459 e. The molecule has 1 aromatic carbocycles. The van der Waals surface area contributed by atoms with Crippen LogP contribution in [0.5, 0.6) is 5.75 Å². The number of carbonyl (C=O) groups excluding carboxylic acids is 1. The molecule has 0 amide bonds. The van der Waals surface area contributed by atoms with Gasteiger partial charge in [-0.05, 0) is 38.8 Å². The highest BCUT2D eigenvalue weighted by atomic mass is 31.2. The predicted octanol–water partition coefficient (Wildman–Crippen LogP) is 3.12. The van der Waals surface area contributed by atoms with E-state index in [1.807, 2.05) is 13.8 Å². The first-order valence-corrected chi connectivity index (χ1v) is 15.2. The van der Waals surface area contributed by atoms with Crippen LogP contribution in [0.25, 0.3) is 0 Å². The Hall–Kier alpha value is -2.80. The fraction of sp³-hybridized carbons (Fsp3) is 0.593. The van der Waals surface area contributed by atoms with Crippen LogP contribution in [0.2, 0.25) is 0 Å². The molecule has 13 nitrogen and oxygen atoms in total. The number of hydrogen-bond acceptors (Lipinski definition) is 10. The SMILES string of the molecule is CCC(CC)COC(=O)[C@H](C)N[P@](=O)(OC[C@H]1O[C@@H](n2ccc(=O)[nH]c2=O)[C@@H]2OC(C)(C)O[C@@H]21)Oc1ccccc1. The lowest BCUT2D eigenvalue weighted by atomic mass is 10.1. The van der Waals surface area contributed by atoms with E-state index in [0.29, 0.717) is 0 Å². The summed E-state index contributed by atoms with van der Waals surface area (Å²) in [5.41, 5.74) is -1.24. The number of nitrogens with zero attached hydrogens (tertiary/aromatic N) is 1. The lowest BCUT2D eigenvalue weighted by Crippen LogP contribution is -2.37. The van der Waals surface area contributed by atoms with Gasteiger partial charge in [0, 0.05) is 12.3 Å². The molecular weight excluding hydrogens is 557 g/mol. The molecule has 3 heterocycles. The van der Waals surface area contributed by atoms with Crippen molar-refractivity contribution >= 4 is 13.7 Å². The molecular formula is C27H38N3O10P. The Morgan fingerprint density at radius 2 is 1.80 bits per heavy atom. The third kappa shape index (κ3) is 7.73. The summed E-state index contributed by atoms with van der Waals surface area (Å²) in [6, 6.07) is 8.56. The molecule has 2 aliphatic heterocycles. The van der Waals surface area contributed by atoms with Crippen molar-refractivity contribution in [3.63, 3.8) is 0 Å². The Morgan fingerprint density at radius 1 is 1.12 bits per heavy atom. The highest BCUT2D eigenvalue weighted by Crippen LogP contribution is 2.48. The van der Waals surface area contributed by atoms with E-state index in [1.165, 1.54) is 23.8 Å². The molecule has 226 valence electrons. The summed E-state index contributed by atoms with van der Waals surface area (Å²) in [7, 11) is -4.18. The van der Waals surface area contributed by atoms with Gasteiger partial charge in [0.2, 0.25) is 0 Å². The number of para-hydroxylation sites is 1. The highest BCUT2D eigenvalue weighted by Gasteiger charge is 2.56. The number of rotatable bonds is 13. The van der Waals surface area contributed by atoms with Gasteiger partial charge in [-0.2, -0.15) is 5.09 Å². The number of carbonyl (C=O) groups is 1. The van der Waals surface area contributed by atoms with Gasteiger partial charge in [-0.1, -0.05) is 44.9 Å². The Morgan fingerprint density at radius 3 is 2.46 bits per heavy atom. The summed E-state index contributed by atoms with van der Waals surface area (Å²) >= 11 is 0. The minimum atomic E-state index is -4.18. The zero-order valence-corrected chi connectivity index (χ0v) is 24.7. The van der Waals surface area contributed by atoms with Crippen LogP contribution in [0.1, 0.15) is 53.7 Å². The number of nitrogens with one attached hydrogen (secondary N) is 2. The number of H-pyrrole nitrogens is 1. The van der Waals surface area contributed by atoms with E-state index in [9.17, 15) is 18.9 Å². The standard InChI is InChI=1S/C27H38N3O10P/c1-6-18(7-2)15-35-25(32)17(3)29-41(34,40-19-11-9-8-10-12-19)36-16-20-22-23(39-27(4,5)38-22)24(37-20)30-14-13-21(31)28-26(30)33/h8-14,17-18,20,22-24H,6-7,15-16H2,1-5H3,(H,29,34)(H,28,31,33)/t17-,20+,22+,23+,24+,41-/m0/s1. The van der Waals surface area contributed by atoms with Gasteiger partial charge in [-0.3, -0.25) is 23.7 Å². The second kappa shape index (κ2) is 13.0. The summed E-state index contributed by atoms with van der Waals surface area (Å²) in [4.78, 5) is 39.0. The Balaban J connectivity index is 1.51. The van der Waals surface area contributed by atoms with E-state index >= 15 is 0 Å². The first kappa shape index (κ1) is 31.1. The smallest absolute Gasteiger partial charge is 0.459 e. The van der Waals surface area contributed by atoms with Gasteiger partial charge < -0.3 is 23.5 Å². The summed E-state index contributed by atoms with van der Waals surface area (Å²) in [6.07, 6.45) is -0.213. The zero-order valence-electron chi connectivity index (χ0n) is 23.8. The largest absolute Gasteiger partial charge is 0.464 e. The molecule has 0 unspecified atom stereocenters. The first-order chi connectivity index (χ1) is 19.4. The second-order valence-electron chi connectivity index (χ2n) is 10.5. The van der Waals surface area contributed by atoms with E-state index in [2.05, 4.69) is 10.1 Å². The summed E-state index contributed by atoms with van der Waals surface area (Å²) in [5.74, 6) is -1.12. The molecule has 4 rings (SSSR count). The van der Waals surface area contributed by atoms with Crippen molar-refractivity contribution in [1.29, 1.82) is 0 Å². The molecule has 0 bridgehead atoms. The molecule has 0 saturated carbocycles. The van der Waals surface area contributed by atoms with Gasteiger partial charge in [0.15, 0.2) is 12.0 Å². The van der Waals surface area contributed by atoms with E-state index in [0.717, 1.165) is 12.8 Å². The number of aromatic nitrogens is 2. The van der Waals surface area contributed by atoms with Crippen molar-refractivity contribution in [2.24, 2.45) is 5.92 Å². The molecule has 0 aliphatic carbocycles. The first-order valence-electron chi connectivity index (χ1n) is 13.7. The van der Waals surface area contributed by atoms with Gasteiger partial charge >= 0.3 is 19.4 Å². The van der Waals surface area contributed by atoms with E-state index in [1.54, 1.807) is 44.2 Å². The summed E-state index contributed by atoms with van der Waals surface area (Å²) < 4.78 is 50.3. The van der Waals surface area contributed by atoms with Gasteiger partial charge in [-0.25, -0.2) is 9.36 Å². The fourth-order valence-corrected chi connectivity index (χ4v) is 6.17. The normalized spacial score (nSPS) is 25.4. The third-order valence-corrected chi connectivity index (χ3v) is 8.59.